The van der Waals surface area contributed by atoms with Gasteiger partial charge in [0.1, 0.15) is 5.75 Å². The minimum absolute atomic E-state index is 0.0740. The molecule has 3 aliphatic heterocycles. The predicted molar refractivity (Wildman–Crippen MR) is 136 cm³/mol. The predicted octanol–water partition coefficient (Wildman–Crippen LogP) is 4.33. The molecule has 1 aromatic heterocycles. The summed E-state index contributed by atoms with van der Waals surface area (Å²) < 4.78 is 7.89. The Morgan fingerprint density at radius 2 is 1.91 bits per heavy atom. The minimum Gasteiger partial charge on any atom is -0.494 e. The summed E-state index contributed by atoms with van der Waals surface area (Å²) >= 11 is 1.38. The van der Waals surface area contributed by atoms with E-state index in [1.54, 1.807) is 6.08 Å². The molecule has 2 aromatic rings. The Morgan fingerprint density at radius 3 is 2.71 bits per heavy atom. The SMILES string of the molecule is Cc1ccc(OCCCn2cccc2/C=C2/C(=N)N3N=C(N4CCCCC4)SC3=NC2=O)cc1. The third-order valence-electron chi connectivity index (χ3n) is 6.06. The number of thioether (sulfide) groups is 1. The normalized spacial score (nSPS) is 19.4. The fraction of sp³-hybridized carbons (Fsp3) is 0.360. The van der Waals surface area contributed by atoms with Gasteiger partial charge in [-0.3, -0.25) is 10.2 Å². The first-order valence-electron chi connectivity index (χ1n) is 11.7. The van der Waals surface area contributed by atoms with Gasteiger partial charge in [0.15, 0.2) is 11.0 Å². The van der Waals surface area contributed by atoms with Gasteiger partial charge in [0.2, 0.25) is 5.17 Å². The summed E-state index contributed by atoms with van der Waals surface area (Å²) in [6.45, 7) is 5.30. The number of aryl methyl sites for hydroxylation is 2. The minimum atomic E-state index is -0.394. The molecule has 4 heterocycles. The molecule has 0 atom stereocenters. The highest BCUT2D eigenvalue weighted by Gasteiger charge is 2.37. The second kappa shape index (κ2) is 9.89. The van der Waals surface area contributed by atoms with Crippen molar-refractivity contribution in [2.24, 2.45) is 10.1 Å². The molecule has 1 aromatic carbocycles. The van der Waals surface area contributed by atoms with Crippen molar-refractivity contribution in [1.29, 1.82) is 5.41 Å². The molecule has 3 aliphatic rings. The van der Waals surface area contributed by atoms with Crippen molar-refractivity contribution in [3.63, 3.8) is 0 Å². The number of amides is 1. The smallest absolute Gasteiger partial charge is 0.283 e. The fourth-order valence-corrected chi connectivity index (χ4v) is 5.11. The quantitative estimate of drug-likeness (QED) is 0.495. The number of carbonyl (C=O) groups excluding carboxylic acids is 1. The van der Waals surface area contributed by atoms with Crippen molar-refractivity contribution >= 4 is 39.9 Å². The summed E-state index contributed by atoms with van der Waals surface area (Å²) in [4.78, 5) is 19.2. The van der Waals surface area contributed by atoms with Crippen molar-refractivity contribution in [3.05, 3.63) is 59.4 Å². The Kier molecular flexibility index (Phi) is 6.53. The number of nitrogens with one attached hydrogen (secondary N) is 1. The molecule has 8 nitrogen and oxygen atoms in total. The Labute approximate surface area is 203 Å². The van der Waals surface area contributed by atoms with Gasteiger partial charge >= 0.3 is 0 Å². The number of benzene rings is 1. The number of likely N-dealkylation sites (tertiary alicyclic amines) is 1. The number of hydrazone groups is 1. The van der Waals surface area contributed by atoms with Crippen molar-refractivity contribution in [2.75, 3.05) is 19.7 Å². The number of piperidine rings is 1. The number of carbonyl (C=O) groups is 1. The van der Waals surface area contributed by atoms with Crippen LogP contribution in [-0.4, -0.2) is 56.3 Å². The number of rotatable bonds is 6. The summed E-state index contributed by atoms with van der Waals surface area (Å²) in [7, 11) is 0. The van der Waals surface area contributed by atoms with Gasteiger partial charge in [-0.2, -0.15) is 10.0 Å². The van der Waals surface area contributed by atoms with Crippen LogP contribution in [0.4, 0.5) is 0 Å². The largest absolute Gasteiger partial charge is 0.494 e. The number of aromatic nitrogens is 1. The fourth-order valence-electron chi connectivity index (χ4n) is 4.16. The molecule has 34 heavy (non-hydrogen) atoms. The molecule has 9 heteroatoms. The number of amidine groups is 3. The number of aliphatic imine (C=N–C) groups is 1. The molecule has 0 spiro atoms. The highest BCUT2D eigenvalue weighted by Crippen LogP contribution is 2.30. The molecular weight excluding hydrogens is 448 g/mol. The van der Waals surface area contributed by atoms with Crippen LogP contribution >= 0.6 is 11.8 Å². The van der Waals surface area contributed by atoms with Crippen molar-refractivity contribution in [1.82, 2.24) is 14.5 Å². The highest BCUT2D eigenvalue weighted by atomic mass is 32.2. The van der Waals surface area contributed by atoms with Gasteiger partial charge in [-0.15, -0.1) is 5.10 Å². The lowest BCUT2D eigenvalue weighted by molar-refractivity contribution is -0.114. The van der Waals surface area contributed by atoms with Gasteiger partial charge in [0.05, 0.1) is 12.2 Å². The van der Waals surface area contributed by atoms with Crippen LogP contribution in [0.25, 0.3) is 6.08 Å². The van der Waals surface area contributed by atoms with Crippen LogP contribution in [0.5, 0.6) is 5.75 Å². The van der Waals surface area contributed by atoms with Crippen LogP contribution < -0.4 is 4.74 Å². The van der Waals surface area contributed by atoms with Crippen LogP contribution in [0.15, 0.2) is 58.3 Å². The van der Waals surface area contributed by atoms with E-state index < -0.39 is 5.91 Å². The maximum absolute atomic E-state index is 12.8. The number of hydrogen-bond acceptors (Lipinski definition) is 6. The van der Waals surface area contributed by atoms with Crippen molar-refractivity contribution < 1.29 is 9.53 Å². The average Bonchev–Trinajstić information content (AvgIpc) is 3.48. The third-order valence-corrected chi connectivity index (χ3v) is 7.03. The zero-order chi connectivity index (χ0) is 23.5. The van der Waals surface area contributed by atoms with E-state index in [1.165, 1.54) is 28.8 Å². The maximum atomic E-state index is 12.8. The molecule has 1 N–H and O–H groups in total. The molecular formula is C25H28N6O2S. The van der Waals surface area contributed by atoms with Gasteiger partial charge in [-0.05, 0) is 74.7 Å². The lowest BCUT2D eigenvalue weighted by Gasteiger charge is -2.26. The Balaban J connectivity index is 1.25. The molecule has 0 saturated carbocycles. The third kappa shape index (κ3) is 4.79. The van der Waals surface area contributed by atoms with Gasteiger partial charge in [0.25, 0.3) is 5.91 Å². The number of hydrogen-bond donors (Lipinski definition) is 1. The van der Waals surface area contributed by atoms with Crippen LogP contribution in [0.3, 0.4) is 0 Å². The Bertz CT molecular complexity index is 1170. The number of nitrogens with zero attached hydrogens (tertiary/aromatic N) is 5. The molecule has 5 rings (SSSR count). The molecule has 1 amide bonds. The molecule has 0 aliphatic carbocycles. The first-order valence-corrected chi connectivity index (χ1v) is 12.5. The summed E-state index contributed by atoms with van der Waals surface area (Å²) in [6.07, 6.45) is 8.05. The first kappa shape index (κ1) is 22.5. The summed E-state index contributed by atoms with van der Waals surface area (Å²) in [6, 6.07) is 11.9. The van der Waals surface area contributed by atoms with E-state index in [4.69, 9.17) is 10.1 Å². The Morgan fingerprint density at radius 1 is 1.12 bits per heavy atom. The molecule has 0 unspecified atom stereocenters. The Hall–Kier alpha value is -3.33. The van der Waals surface area contributed by atoms with E-state index in [-0.39, 0.29) is 11.4 Å². The first-order chi connectivity index (χ1) is 16.6. The van der Waals surface area contributed by atoms with Crippen LogP contribution in [0.2, 0.25) is 0 Å². The van der Waals surface area contributed by atoms with Gasteiger partial charge in [0, 0.05) is 31.5 Å². The van der Waals surface area contributed by atoms with Crippen LogP contribution in [0, 0.1) is 12.3 Å². The molecule has 176 valence electrons. The molecule has 1 fully saturated rings. The number of ether oxygens (including phenoxy) is 1. The topological polar surface area (TPSA) is 86.3 Å². The van der Waals surface area contributed by atoms with Crippen molar-refractivity contribution in [2.45, 2.75) is 39.2 Å². The van der Waals surface area contributed by atoms with E-state index in [1.807, 2.05) is 42.6 Å². The van der Waals surface area contributed by atoms with E-state index in [2.05, 4.69) is 26.5 Å². The summed E-state index contributed by atoms with van der Waals surface area (Å²) in [5.74, 6) is 0.544. The highest BCUT2D eigenvalue weighted by molar-refractivity contribution is 8.26. The lowest BCUT2D eigenvalue weighted by atomic mass is 10.1. The van der Waals surface area contributed by atoms with Gasteiger partial charge in [-0.25, -0.2) is 0 Å². The van der Waals surface area contributed by atoms with E-state index in [0.29, 0.717) is 11.8 Å². The van der Waals surface area contributed by atoms with Crippen LogP contribution in [-0.2, 0) is 11.3 Å². The lowest BCUT2D eigenvalue weighted by Crippen LogP contribution is -2.35. The summed E-state index contributed by atoms with van der Waals surface area (Å²) in [5.41, 5.74) is 2.32. The van der Waals surface area contributed by atoms with E-state index in [9.17, 15) is 4.79 Å². The monoisotopic (exact) mass is 476 g/mol. The molecule has 0 radical (unpaired) electrons. The van der Waals surface area contributed by atoms with Crippen LogP contribution in [0.1, 0.15) is 36.9 Å². The summed E-state index contributed by atoms with van der Waals surface area (Å²) in [5, 5.41) is 16.0. The zero-order valence-corrected chi connectivity index (χ0v) is 20.1. The second-order valence-corrected chi connectivity index (χ2v) is 9.53. The van der Waals surface area contributed by atoms with Gasteiger partial charge in [-0.1, -0.05) is 17.7 Å². The van der Waals surface area contributed by atoms with E-state index >= 15 is 0 Å². The zero-order valence-electron chi connectivity index (χ0n) is 19.2. The molecule has 0 bridgehead atoms. The maximum Gasteiger partial charge on any atom is 0.283 e. The number of fused-ring (bicyclic) bond motifs is 1. The molecule has 1 saturated heterocycles. The van der Waals surface area contributed by atoms with Crippen molar-refractivity contribution in [3.8, 4) is 5.75 Å². The average molecular weight is 477 g/mol. The second-order valence-electron chi connectivity index (χ2n) is 8.59. The van der Waals surface area contributed by atoms with Gasteiger partial charge < -0.3 is 14.2 Å². The van der Waals surface area contributed by atoms with E-state index in [0.717, 1.165) is 55.5 Å². The standard InChI is InChI=1S/C25H28N6O2S/c1-18-8-10-20(11-9-18)33-16-6-15-29-14-5-7-19(29)17-21-22(26)31-24(27-23(21)32)34-25(28-31)30-12-3-2-4-13-30/h5,7-11,14,17,26H,2-4,6,12-13,15-16H2,1H3/b21-17-,26-22?.